The Morgan fingerprint density at radius 1 is 0.367 bits per heavy atom. The third-order valence-corrected chi connectivity index (χ3v) is 12.6. The molecule has 0 saturated carbocycles. The van der Waals surface area contributed by atoms with Crippen LogP contribution in [0.5, 0.6) is 0 Å². The van der Waals surface area contributed by atoms with Crippen LogP contribution in [0.4, 0.5) is 0 Å². The Kier molecular flexibility index (Phi) is 7.96. The molecule has 280 valence electrons. The van der Waals surface area contributed by atoms with Gasteiger partial charge in [0.1, 0.15) is 11.2 Å². The summed E-state index contributed by atoms with van der Waals surface area (Å²) in [7, 11) is 0. The summed E-state index contributed by atoms with van der Waals surface area (Å²) in [6.07, 6.45) is 0. The molecule has 5 nitrogen and oxygen atoms in total. The fourth-order valence-electron chi connectivity index (χ4n) is 8.38. The number of rotatable bonds is 6. The Balaban J connectivity index is 0.984. The molecule has 0 bridgehead atoms. The third-order valence-electron chi connectivity index (χ3n) is 11.4. The summed E-state index contributed by atoms with van der Waals surface area (Å²) in [5, 5.41) is 5.58. The number of benzene rings is 8. The largest absolute Gasteiger partial charge is 0.455 e. The highest BCUT2D eigenvalue weighted by Crippen LogP contribution is 2.43. The Labute approximate surface area is 348 Å². The zero-order valence-corrected chi connectivity index (χ0v) is 32.9. The molecule has 0 N–H and O–H groups in total. The summed E-state index contributed by atoms with van der Waals surface area (Å²) < 4.78 is 9.22. The van der Waals surface area contributed by atoms with Crippen molar-refractivity contribution in [3.63, 3.8) is 0 Å². The quantitative estimate of drug-likeness (QED) is 0.168. The van der Waals surface area contributed by atoms with E-state index in [9.17, 15) is 0 Å². The van der Waals surface area contributed by atoms with Crippen LogP contribution in [0.3, 0.4) is 0 Å². The van der Waals surface area contributed by atoms with Crippen LogP contribution in [0, 0.1) is 0 Å². The van der Waals surface area contributed by atoms with Crippen molar-refractivity contribution in [1.82, 2.24) is 19.9 Å². The standard InChI is InChI=1S/C54H32N4OS/c1-3-12-33(13-4-1)34-22-26-37(27-23-34)53-56-52(36-14-5-2-6-15-36)57-54(58-53)38-28-24-35(25-29-38)49-48-44-17-7-9-20-46(44)59-50(48)43-31-30-39(32-45(43)55-49)40-18-11-19-42-41-16-8-10-21-47(41)60-51(40)42/h1-32H. The number of para-hydroxylation sites is 1. The first-order valence-corrected chi connectivity index (χ1v) is 20.8. The van der Waals surface area contributed by atoms with Gasteiger partial charge in [-0.3, -0.25) is 0 Å². The van der Waals surface area contributed by atoms with Crippen LogP contribution in [-0.2, 0) is 0 Å². The van der Waals surface area contributed by atoms with Gasteiger partial charge in [0.25, 0.3) is 0 Å². The van der Waals surface area contributed by atoms with Gasteiger partial charge in [0.05, 0.1) is 16.6 Å². The molecule has 0 unspecified atom stereocenters. The van der Waals surface area contributed by atoms with E-state index >= 15 is 0 Å². The van der Waals surface area contributed by atoms with Gasteiger partial charge in [0, 0.05) is 53.2 Å². The first kappa shape index (κ1) is 34.3. The molecule has 4 heterocycles. The lowest BCUT2D eigenvalue weighted by atomic mass is 9.98. The van der Waals surface area contributed by atoms with E-state index in [1.165, 1.54) is 25.7 Å². The molecule has 0 aliphatic carbocycles. The molecule has 0 spiro atoms. The lowest BCUT2D eigenvalue weighted by Crippen LogP contribution is -2.00. The van der Waals surface area contributed by atoms with Crippen molar-refractivity contribution in [2.24, 2.45) is 0 Å². The number of furan rings is 1. The third kappa shape index (κ3) is 5.76. The zero-order valence-electron chi connectivity index (χ0n) is 32.1. The normalized spacial score (nSPS) is 11.7. The van der Waals surface area contributed by atoms with Crippen molar-refractivity contribution in [3.8, 4) is 67.7 Å². The minimum absolute atomic E-state index is 0.600. The van der Waals surface area contributed by atoms with Gasteiger partial charge in [-0.05, 0) is 46.5 Å². The minimum atomic E-state index is 0.600. The molecular weight excluding hydrogens is 753 g/mol. The second-order valence-electron chi connectivity index (χ2n) is 15.0. The van der Waals surface area contributed by atoms with Gasteiger partial charge < -0.3 is 4.42 Å². The van der Waals surface area contributed by atoms with E-state index in [2.05, 4.69) is 146 Å². The molecular formula is C54H32N4OS. The zero-order chi connectivity index (χ0) is 39.6. The molecule has 0 aliphatic rings. The topological polar surface area (TPSA) is 64.7 Å². The van der Waals surface area contributed by atoms with Crippen molar-refractivity contribution < 1.29 is 4.42 Å². The fourth-order valence-corrected chi connectivity index (χ4v) is 9.62. The summed E-state index contributed by atoms with van der Waals surface area (Å²) in [5.74, 6) is 1.84. The lowest BCUT2D eigenvalue weighted by molar-refractivity contribution is 0.672. The summed E-state index contributed by atoms with van der Waals surface area (Å²) in [6.45, 7) is 0. The number of fused-ring (bicyclic) bond motifs is 8. The molecule has 60 heavy (non-hydrogen) atoms. The predicted octanol–water partition coefficient (Wildman–Crippen LogP) is 14.7. The first-order valence-electron chi connectivity index (χ1n) is 20.0. The maximum Gasteiger partial charge on any atom is 0.164 e. The fraction of sp³-hybridized carbons (Fsp3) is 0. The molecule has 12 rings (SSSR count). The van der Waals surface area contributed by atoms with Crippen molar-refractivity contribution in [2.45, 2.75) is 0 Å². The van der Waals surface area contributed by atoms with Crippen LogP contribution in [0.25, 0.3) is 121 Å². The second kappa shape index (κ2) is 13.9. The van der Waals surface area contributed by atoms with E-state index in [-0.39, 0.29) is 0 Å². The number of hydrogen-bond acceptors (Lipinski definition) is 6. The molecule has 4 aromatic heterocycles. The van der Waals surface area contributed by atoms with Gasteiger partial charge in [-0.1, -0.05) is 170 Å². The maximum atomic E-state index is 6.65. The van der Waals surface area contributed by atoms with Gasteiger partial charge in [0.2, 0.25) is 0 Å². The van der Waals surface area contributed by atoms with Crippen LogP contribution >= 0.6 is 11.3 Å². The van der Waals surface area contributed by atoms with Crippen LogP contribution in [0.2, 0.25) is 0 Å². The molecule has 0 radical (unpaired) electrons. The number of aromatic nitrogens is 4. The van der Waals surface area contributed by atoms with E-state index < -0.39 is 0 Å². The van der Waals surface area contributed by atoms with Crippen molar-refractivity contribution in [1.29, 1.82) is 0 Å². The molecule has 0 atom stereocenters. The Bertz CT molecular complexity index is 3580. The molecule has 6 heteroatoms. The van der Waals surface area contributed by atoms with Crippen molar-refractivity contribution >= 4 is 64.4 Å². The average Bonchev–Trinajstić information content (AvgIpc) is 3.91. The lowest BCUT2D eigenvalue weighted by Gasteiger charge is -2.11. The van der Waals surface area contributed by atoms with Gasteiger partial charge in [-0.25, -0.2) is 19.9 Å². The number of hydrogen-bond donors (Lipinski definition) is 0. The van der Waals surface area contributed by atoms with Crippen LogP contribution in [0.15, 0.2) is 199 Å². The average molecular weight is 785 g/mol. The van der Waals surface area contributed by atoms with Crippen LogP contribution in [-0.4, -0.2) is 19.9 Å². The predicted molar refractivity (Wildman–Crippen MR) is 248 cm³/mol. The van der Waals surface area contributed by atoms with Gasteiger partial charge in [-0.2, -0.15) is 0 Å². The van der Waals surface area contributed by atoms with Gasteiger partial charge >= 0.3 is 0 Å². The summed E-state index contributed by atoms with van der Waals surface area (Å²) in [5.41, 5.74) is 11.7. The summed E-state index contributed by atoms with van der Waals surface area (Å²) in [4.78, 5) is 20.5. The number of thiophene rings is 1. The van der Waals surface area contributed by atoms with Gasteiger partial charge in [0.15, 0.2) is 17.5 Å². The van der Waals surface area contributed by atoms with Crippen molar-refractivity contribution in [3.05, 3.63) is 194 Å². The second-order valence-corrected chi connectivity index (χ2v) is 16.0. The van der Waals surface area contributed by atoms with Gasteiger partial charge in [-0.15, -0.1) is 11.3 Å². The molecule has 0 saturated heterocycles. The summed E-state index contributed by atoms with van der Waals surface area (Å²) in [6, 6.07) is 67.3. The van der Waals surface area contributed by atoms with E-state index in [1.807, 2.05) is 59.9 Å². The van der Waals surface area contributed by atoms with Crippen LogP contribution < -0.4 is 0 Å². The van der Waals surface area contributed by atoms with E-state index in [4.69, 9.17) is 24.4 Å². The Morgan fingerprint density at radius 2 is 0.900 bits per heavy atom. The minimum Gasteiger partial charge on any atom is -0.455 e. The molecule has 0 amide bonds. The van der Waals surface area contributed by atoms with E-state index in [0.717, 1.165) is 77.5 Å². The van der Waals surface area contributed by atoms with E-state index in [0.29, 0.717) is 17.5 Å². The monoisotopic (exact) mass is 784 g/mol. The molecule has 8 aromatic carbocycles. The SMILES string of the molecule is c1ccc(-c2ccc(-c3nc(-c4ccccc4)nc(-c4ccc(-c5nc6cc(-c7cccc8c7sc7ccccc78)ccc6c6oc7ccccc7c56)cc4)n3)cc2)cc1. The molecule has 0 fully saturated rings. The number of nitrogens with zero attached hydrogens (tertiary/aromatic N) is 4. The van der Waals surface area contributed by atoms with E-state index in [1.54, 1.807) is 0 Å². The highest BCUT2D eigenvalue weighted by Gasteiger charge is 2.20. The Morgan fingerprint density at radius 3 is 1.62 bits per heavy atom. The maximum absolute atomic E-state index is 6.65. The Hall–Kier alpha value is -7.80. The smallest absolute Gasteiger partial charge is 0.164 e. The highest BCUT2D eigenvalue weighted by molar-refractivity contribution is 7.26. The highest BCUT2D eigenvalue weighted by atomic mass is 32.1. The first-order chi connectivity index (χ1) is 29.7. The van der Waals surface area contributed by atoms with Crippen LogP contribution in [0.1, 0.15) is 0 Å². The summed E-state index contributed by atoms with van der Waals surface area (Å²) >= 11 is 1.84. The molecule has 0 aliphatic heterocycles. The number of pyridine rings is 1. The molecule has 12 aromatic rings. The van der Waals surface area contributed by atoms with Crippen molar-refractivity contribution in [2.75, 3.05) is 0 Å².